The van der Waals surface area contributed by atoms with E-state index in [2.05, 4.69) is 4.72 Å². The number of amides is 1. The van der Waals surface area contributed by atoms with Gasteiger partial charge in [0.1, 0.15) is 5.82 Å². The fourth-order valence-corrected chi connectivity index (χ4v) is 2.97. The van der Waals surface area contributed by atoms with Crippen molar-refractivity contribution in [3.8, 4) is 0 Å². The minimum Gasteiger partial charge on any atom is -0.342 e. The molecule has 0 fully saturated rings. The predicted octanol–water partition coefficient (Wildman–Crippen LogP) is 1.36. The highest BCUT2D eigenvalue weighted by molar-refractivity contribution is 7.89. The largest absolute Gasteiger partial charge is 0.342 e. The van der Waals surface area contributed by atoms with Crippen LogP contribution in [0.1, 0.15) is 20.8 Å². The van der Waals surface area contributed by atoms with Crippen LogP contribution < -0.4 is 4.72 Å². The molecule has 0 heterocycles. The van der Waals surface area contributed by atoms with E-state index in [1.165, 1.54) is 11.8 Å². The fraction of sp³-hybridized carbons (Fsp3) is 0.462. The first-order valence-electron chi connectivity index (χ1n) is 6.38. The highest BCUT2D eigenvalue weighted by Crippen LogP contribution is 2.10. The third-order valence-electron chi connectivity index (χ3n) is 2.90. The summed E-state index contributed by atoms with van der Waals surface area (Å²) in [6, 6.07) is 3.57. The summed E-state index contributed by atoms with van der Waals surface area (Å²) < 4.78 is 39.2. The van der Waals surface area contributed by atoms with E-state index in [0.29, 0.717) is 13.1 Å². The highest BCUT2D eigenvalue weighted by Gasteiger charge is 2.24. The van der Waals surface area contributed by atoms with Crippen LogP contribution in [0, 0.1) is 5.82 Å². The number of nitrogens with one attached hydrogen (secondary N) is 1. The van der Waals surface area contributed by atoms with Gasteiger partial charge in [0.15, 0.2) is 0 Å². The number of hydrogen-bond donors (Lipinski definition) is 1. The van der Waals surface area contributed by atoms with Crippen LogP contribution in [0.2, 0.25) is 0 Å². The van der Waals surface area contributed by atoms with Gasteiger partial charge in [-0.25, -0.2) is 12.8 Å². The molecule has 0 spiro atoms. The topological polar surface area (TPSA) is 66.5 Å². The van der Waals surface area contributed by atoms with Crippen molar-refractivity contribution in [2.75, 3.05) is 13.1 Å². The second-order valence-electron chi connectivity index (χ2n) is 4.31. The van der Waals surface area contributed by atoms with E-state index in [0.717, 1.165) is 24.3 Å². The van der Waals surface area contributed by atoms with Crippen molar-refractivity contribution in [3.05, 3.63) is 30.1 Å². The Morgan fingerprint density at radius 2 is 1.75 bits per heavy atom. The Kier molecular flexibility index (Phi) is 5.64. The van der Waals surface area contributed by atoms with Crippen LogP contribution in [0.3, 0.4) is 0 Å². The lowest BCUT2D eigenvalue weighted by molar-refractivity contribution is -0.132. The van der Waals surface area contributed by atoms with Crippen molar-refractivity contribution < 1.29 is 17.6 Å². The average molecular weight is 302 g/mol. The van der Waals surface area contributed by atoms with Crippen molar-refractivity contribution in [1.29, 1.82) is 0 Å². The van der Waals surface area contributed by atoms with E-state index in [1.807, 2.05) is 13.8 Å². The second-order valence-corrected chi connectivity index (χ2v) is 6.02. The summed E-state index contributed by atoms with van der Waals surface area (Å²) in [5, 5.41) is 0. The van der Waals surface area contributed by atoms with Gasteiger partial charge in [-0.15, -0.1) is 0 Å². The van der Waals surface area contributed by atoms with Crippen molar-refractivity contribution >= 4 is 15.9 Å². The van der Waals surface area contributed by atoms with E-state index in [1.54, 1.807) is 0 Å². The Morgan fingerprint density at radius 1 is 1.25 bits per heavy atom. The van der Waals surface area contributed by atoms with Crippen LogP contribution in [0.15, 0.2) is 29.2 Å². The van der Waals surface area contributed by atoms with Gasteiger partial charge in [0.2, 0.25) is 15.9 Å². The lowest BCUT2D eigenvalue weighted by Crippen LogP contribution is -2.46. The molecule has 0 bridgehead atoms. The van der Waals surface area contributed by atoms with Crippen LogP contribution in [-0.4, -0.2) is 38.4 Å². The average Bonchev–Trinajstić information content (AvgIpc) is 2.40. The Balaban J connectivity index is 2.85. The molecule has 1 N–H and O–H groups in total. The highest BCUT2D eigenvalue weighted by atomic mass is 32.2. The maximum atomic E-state index is 12.8. The third-order valence-corrected chi connectivity index (χ3v) is 4.46. The lowest BCUT2D eigenvalue weighted by atomic mass is 10.3. The van der Waals surface area contributed by atoms with E-state index < -0.39 is 21.9 Å². The van der Waals surface area contributed by atoms with Gasteiger partial charge in [-0.1, -0.05) is 0 Å². The first kappa shape index (κ1) is 16.6. The molecule has 0 aliphatic rings. The summed E-state index contributed by atoms with van der Waals surface area (Å²) in [4.78, 5) is 13.5. The predicted molar refractivity (Wildman–Crippen MR) is 74.1 cm³/mol. The molecule has 1 aromatic carbocycles. The van der Waals surface area contributed by atoms with E-state index in [9.17, 15) is 17.6 Å². The minimum atomic E-state index is -3.84. The molecule has 0 saturated carbocycles. The number of benzene rings is 1. The Bertz CT molecular complexity index is 553. The van der Waals surface area contributed by atoms with Crippen LogP contribution in [0.25, 0.3) is 0 Å². The number of carbonyl (C=O) groups is 1. The summed E-state index contributed by atoms with van der Waals surface area (Å²) in [6.45, 7) is 6.16. The molecule has 1 rings (SSSR count). The van der Waals surface area contributed by atoms with Gasteiger partial charge in [-0.2, -0.15) is 4.72 Å². The van der Waals surface area contributed by atoms with Gasteiger partial charge >= 0.3 is 0 Å². The van der Waals surface area contributed by atoms with Gasteiger partial charge in [-0.3, -0.25) is 4.79 Å². The van der Waals surface area contributed by atoms with E-state index in [-0.39, 0.29) is 10.8 Å². The lowest BCUT2D eigenvalue weighted by Gasteiger charge is -2.23. The minimum absolute atomic E-state index is 0.0712. The Hall–Kier alpha value is -1.47. The molecule has 5 nitrogen and oxygen atoms in total. The number of hydrogen-bond acceptors (Lipinski definition) is 3. The maximum absolute atomic E-state index is 12.8. The molecule has 0 saturated heterocycles. The van der Waals surface area contributed by atoms with Crippen LogP contribution in [0.5, 0.6) is 0 Å². The van der Waals surface area contributed by atoms with Crippen molar-refractivity contribution in [3.63, 3.8) is 0 Å². The van der Waals surface area contributed by atoms with Crippen molar-refractivity contribution in [2.45, 2.75) is 31.7 Å². The molecule has 0 aliphatic carbocycles. The number of nitrogens with zero attached hydrogens (tertiary/aromatic N) is 1. The molecule has 1 atom stereocenters. The maximum Gasteiger partial charge on any atom is 0.241 e. The van der Waals surface area contributed by atoms with Crippen molar-refractivity contribution in [1.82, 2.24) is 9.62 Å². The molecule has 0 aliphatic heterocycles. The molecule has 0 radical (unpaired) electrons. The van der Waals surface area contributed by atoms with Crippen molar-refractivity contribution in [2.24, 2.45) is 0 Å². The third kappa shape index (κ3) is 4.01. The molecule has 112 valence electrons. The Morgan fingerprint density at radius 3 is 2.20 bits per heavy atom. The number of halogens is 1. The molecule has 20 heavy (non-hydrogen) atoms. The summed E-state index contributed by atoms with van der Waals surface area (Å²) in [6.07, 6.45) is 0. The number of carbonyl (C=O) groups excluding carboxylic acids is 1. The number of rotatable bonds is 6. The zero-order valence-electron chi connectivity index (χ0n) is 11.8. The standard InChI is InChI=1S/C13H19FN2O3S/c1-4-16(5-2)13(17)10(3)15-20(18,19)12-8-6-11(14)7-9-12/h6-10,15H,4-5H2,1-3H3/t10-/m0/s1. The summed E-state index contributed by atoms with van der Waals surface area (Å²) in [5.74, 6) is -0.808. The van der Waals surface area contributed by atoms with Gasteiger partial charge in [-0.05, 0) is 45.0 Å². The molecular formula is C13H19FN2O3S. The molecule has 7 heteroatoms. The van der Waals surface area contributed by atoms with E-state index >= 15 is 0 Å². The zero-order chi connectivity index (χ0) is 15.3. The monoisotopic (exact) mass is 302 g/mol. The normalized spacial score (nSPS) is 13.0. The van der Waals surface area contributed by atoms with Gasteiger partial charge < -0.3 is 4.90 Å². The summed E-state index contributed by atoms with van der Waals surface area (Å²) in [5.41, 5.74) is 0. The van der Waals surface area contributed by atoms with Gasteiger partial charge in [0.25, 0.3) is 0 Å². The molecule has 0 aromatic heterocycles. The van der Waals surface area contributed by atoms with Gasteiger partial charge in [0.05, 0.1) is 10.9 Å². The fourth-order valence-electron chi connectivity index (χ4n) is 1.77. The number of likely N-dealkylation sites (N-methyl/N-ethyl adjacent to an activating group) is 1. The van der Waals surface area contributed by atoms with Crippen LogP contribution in [-0.2, 0) is 14.8 Å². The second kappa shape index (κ2) is 6.81. The molecule has 1 aromatic rings. The zero-order valence-corrected chi connectivity index (χ0v) is 12.6. The molecule has 0 unspecified atom stereocenters. The molecule has 1 amide bonds. The van der Waals surface area contributed by atoms with Crippen LogP contribution >= 0.6 is 0 Å². The molecular weight excluding hydrogens is 283 g/mol. The first-order chi connectivity index (χ1) is 9.31. The Labute approximate surface area is 118 Å². The smallest absolute Gasteiger partial charge is 0.241 e. The summed E-state index contributed by atoms with van der Waals surface area (Å²) in [7, 11) is -3.84. The van der Waals surface area contributed by atoms with Gasteiger partial charge in [0, 0.05) is 13.1 Å². The van der Waals surface area contributed by atoms with Crippen LogP contribution in [0.4, 0.5) is 4.39 Å². The summed E-state index contributed by atoms with van der Waals surface area (Å²) >= 11 is 0. The SMILES string of the molecule is CCN(CC)C(=O)[C@H](C)NS(=O)(=O)c1ccc(F)cc1. The first-order valence-corrected chi connectivity index (χ1v) is 7.86. The van der Waals surface area contributed by atoms with E-state index in [4.69, 9.17) is 0 Å². The number of sulfonamides is 1. The quantitative estimate of drug-likeness (QED) is 0.863.